The molecule has 2 heteroatoms. The Morgan fingerprint density at radius 1 is 0.952 bits per heavy atom. The van der Waals surface area contributed by atoms with E-state index in [0.717, 1.165) is 37.1 Å². The Hall–Kier alpha value is -2.11. The summed E-state index contributed by atoms with van der Waals surface area (Å²) in [4.78, 5) is 0. The summed E-state index contributed by atoms with van der Waals surface area (Å²) in [6.45, 7) is 1.96. The highest BCUT2D eigenvalue weighted by atomic mass is 14.9. The van der Waals surface area contributed by atoms with Crippen LogP contribution in [0.25, 0.3) is 0 Å². The zero-order valence-electron chi connectivity index (χ0n) is 12.1. The molecule has 1 aliphatic rings. The fourth-order valence-corrected chi connectivity index (χ4v) is 3.48. The van der Waals surface area contributed by atoms with Gasteiger partial charge < -0.3 is 5.32 Å². The first kappa shape index (κ1) is 13.9. The van der Waals surface area contributed by atoms with Gasteiger partial charge >= 0.3 is 0 Å². The minimum absolute atomic E-state index is 0.307. The number of benzene rings is 2. The average molecular weight is 276 g/mol. The van der Waals surface area contributed by atoms with Crippen molar-refractivity contribution in [3.8, 4) is 6.07 Å². The van der Waals surface area contributed by atoms with E-state index in [4.69, 9.17) is 0 Å². The van der Waals surface area contributed by atoms with Crippen molar-refractivity contribution in [3.05, 3.63) is 71.8 Å². The summed E-state index contributed by atoms with van der Waals surface area (Å²) in [5, 5.41) is 13.6. The van der Waals surface area contributed by atoms with Crippen LogP contribution in [0.2, 0.25) is 0 Å². The largest absolute Gasteiger partial charge is 0.316 e. The molecule has 0 aromatic heterocycles. The maximum absolute atomic E-state index is 10.2. The van der Waals surface area contributed by atoms with Crippen molar-refractivity contribution in [1.29, 1.82) is 5.26 Å². The SMILES string of the molecule is N#CC(c1ccccc1)(c1ccccc1)[C@H]1CCCNC1. The van der Waals surface area contributed by atoms with E-state index in [1.165, 1.54) is 0 Å². The van der Waals surface area contributed by atoms with Gasteiger partial charge in [0.15, 0.2) is 0 Å². The minimum Gasteiger partial charge on any atom is -0.316 e. The maximum Gasteiger partial charge on any atom is 0.111 e. The van der Waals surface area contributed by atoms with Crippen LogP contribution >= 0.6 is 0 Å². The van der Waals surface area contributed by atoms with E-state index >= 15 is 0 Å². The lowest BCUT2D eigenvalue weighted by Crippen LogP contribution is -2.44. The molecule has 0 spiro atoms. The van der Waals surface area contributed by atoms with Crippen LogP contribution in [-0.4, -0.2) is 13.1 Å². The van der Waals surface area contributed by atoms with Crippen molar-refractivity contribution in [3.63, 3.8) is 0 Å². The fourth-order valence-electron chi connectivity index (χ4n) is 3.48. The molecule has 0 aliphatic carbocycles. The molecule has 0 saturated carbocycles. The topological polar surface area (TPSA) is 35.8 Å². The standard InChI is InChI=1S/C19H20N2/c20-15-19(16-8-3-1-4-9-16,17-10-5-2-6-11-17)18-12-7-13-21-14-18/h1-6,8-11,18,21H,7,12-14H2/t18-/m0/s1. The molecule has 1 N–H and O–H groups in total. The Balaban J connectivity index is 2.16. The predicted molar refractivity (Wildman–Crippen MR) is 84.9 cm³/mol. The van der Waals surface area contributed by atoms with Crippen molar-refractivity contribution in [2.75, 3.05) is 13.1 Å². The molecule has 0 unspecified atom stereocenters. The van der Waals surface area contributed by atoms with Crippen LogP contribution < -0.4 is 5.32 Å². The van der Waals surface area contributed by atoms with E-state index in [1.807, 2.05) is 36.4 Å². The number of nitrogens with one attached hydrogen (secondary N) is 1. The van der Waals surface area contributed by atoms with Crippen LogP contribution in [0.1, 0.15) is 24.0 Å². The molecule has 1 atom stereocenters. The Morgan fingerprint density at radius 3 is 1.95 bits per heavy atom. The molecule has 2 aromatic rings. The van der Waals surface area contributed by atoms with Crippen LogP contribution in [-0.2, 0) is 5.41 Å². The number of nitriles is 1. The van der Waals surface area contributed by atoms with Gasteiger partial charge in [-0.05, 0) is 36.4 Å². The monoisotopic (exact) mass is 276 g/mol. The molecule has 2 aromatic carbocycles. The zero-order chi connectivity index (χ0) is 14.5. The van der Waals surface area contributed by atoms with E-state index in [2.05, 4.69) is 35.7 Å². The summed E-state index contributed by atoms with van der Waals surface area (Å²) >= 11 is 0. The lowest BCUT2D eigenvalue weighted by Gasteiger charge is -2.38. The lowest BCUT2D eigenvalue weighted by molar-refractivity contribution is 0.300. The molecular formula is C19H20N2. The van der Waals surface area contributed by atoms with Crippen LogP contribution in [0, 0.1) is 17.2 Å². The predicted octanol–water partition coefficient (Wildman–Crippen LogP) is 3.50. The van der Waals surface area contributed by atoms with Gasteiger partial charge in [0.05, 0.1) is 6.07 Å². The van der Waals surface area contributed by atoms with Crippen molar-refractivity contribution >= 4 is 0 Å². The summed E-state index contributed by atoms with van der Waals surface area (Å²) in [5.41, 5.74) is 1.65. The molecule has 0 radical (unpaired) electrons. The highest BCUT2D eigenvalue weighted by molar-refractivity contribution is 5.47. The first-order valence-corrected chi connectivity index (χ1v) is 7.61. The summed E-state index contributed by atoms with van der Waals surface area (Å²) in [5.74, 6) is 0.307. The minimum atomic E-state index is -0.560. The number of hydrogen-bond acceptors (Lipinski definition) is 2. The molecule has 1 saturated heterocycles. The quantitative estimate of drug-likeness (QED) is 0.931. The van der Waals surface area contributed by atoms with Gasteiger partial charge in [-0.1, -0.05) is 60.7 Å². The summed E-state index contributed by atoms with van der Waals surface area (Å²) in [6.07, 6.45) is 2.22. The molecule has 3 rings (SSSR count). The van der Waals surface area contributed by atoms with Gasteiger partial charge in [0, 0.05) is 6.54 Å². The fraction of sp³-hybridized carbons (Fsp3) is 0.316. The molecule has 21 heavy (non-hydrogen) atoms. The smallest absolute Gasteiger partial charge is 0.111 e. The second kappa shape index (κ2) is 6.11. The number of rotatable bonds is 3. The second-order valence-electron chi connectivity index (χ2n) is 5.70. The molecular weight excluding hydrogens is 256 g/mol. The third-order valence-corrected chi connectivity index (χ3v) is 4.54. The lowest BCUT2D eigenvalue weighted by atomic mass is 9.64. The molecule has 1 aliphatic heterocycles. The van der Waals surface area contributed by atoms with E-state index in [-0.39, 0.29) is 0 Å². The summed E-state index contributed by atoms with van der Waals surface area (Å²) in [7, 11) is 0. The van der Waals surface area contributed by atoms with E-state index in [9.17, 15) is 5.26 Å². The van der Waals surface area contributed by atoms with Crippen LogP contribution in [0.5, 0.6) is 0 Å². The Kier molecular flexibility index (Phi) is 4.03. The third-order valence-electron chi connectivity index (χ3n) is 4.54. The Morgan fingerprint density at radius 2 is 1.52 bits per heavy atom. The van der Waals surface area contributed by atoms with E-state index < -0.39 is 5.41 Å². The first-order valence-electron chi connectivity index (χ1n) is 7.61. The van der Waals surface area contributed by atoms with Gasteiger partial charge in [-0.25, -0.2) is 0 Å². The third kappa shape index (κ3) is 2.46. The summed E-state index contributed by atoms with van der Waals surface area (Å²) in [6, 6.07) is 23.2. The van der Waals surface area contributed by atoms with E-state index in [0.29, 0.717) is 5.92 Å². The first-order chi connectivity index (χ1) is 10.4. The molecule has 0 amide bonds. The summed E-state index contributed by atoms with van der Waals surface area (Å²) < 4.78 is 0. The van der Waals surface area contributed by atoms with Crippen LogP contribution in [0.3, 0.4) is 0 Å². The van der Waals surface area contributed by atoms with Crippen LogP contribution in [0.15, 0.2) is 60.7 Å². The zero-order valence-corrected chi connectivity index (χ0v) is 12.1. The van der Waals surface area contributed by atoms with Gasteiger partial charge in [-0.3, -0.25) is 0 Å². The Bertz CT molecular complexity index is 568. The van der Waals surface area contributed by atoms with Gasteiger partial charge in [0.25, 0.3) is 0 Å². The highest BCUT2D eigenvalue weighted by Crippen LogP contribution is 2.41. The Labute approximate surface area is 126 Å². The van der Waals surface area contributed by atoms with Crippen molar-refractivity contribution in [2.45, 2.75) is 18.3 Å². The van der Waals surface area contributed by atoms with Crippen molar-refractivity contribution in [1.82, 2.24) is 5.32 Å². The molecule has 1 fully saturated rings. The van der Waals surface area contributed by atoms with Gasteiger partial charge in [-0.2, -0.15) is 5.26 Å². The van der Waals surface area contributed by atoms with Gasteiger partial charge in [-0.15, -0.1) is 0 Å². The second-order valence-corrected chi connectivity index (χ2v) is 5.70. The van der Waals surface area contributed by atoms with Gasteiger partial charge in [0.1, 0.15) is 5.41 Å². The van der Waals surface area contributed by atoms with Crippen LogP contribution in [0.4, 0.5) is 0 Å². The molecule has 106 valence electrons. The normalized spacial score (nSPS) is 18.9. The number of piperidine rings is 1. The molecule has 2 nitrogen and oxygen atoms in total. The molecule has 1 heterocycles. The average Bonchev–Trinajstić information content (AvgIpc) is 2.59. The maximum atomic E-state index is 10.2. The van der Waals surface area contributed by atoms with Crippen molar-refractivity contribution in [2.24, 2.45) is 5.92 Å². The number of hydrogen-bond donors (Lipinski definition) is 1. The van der Waals surface area contributed by atoms with Crippen molar-refractivity contribution < 1.29 is 0 Å². The molecule has 0 bridgehead atoms. The van der Waals surface area contributed by atoms with E-state index in [1.54, 1.807) is 0 Å². The highest BCUT2D eigenvalue weighted by Gasteiger charge is 2.42. The van der Waals surface area contributed by atoms with Gasteiger partial charge in [0.2, 0.25) is 0 Å². The number of nitrogens with zero attached hydrogens (tertiary/aromatic N) is 1.